The van der Waals surface area contributed by atoms with Gasteiger partial charge in [0.2, 0.25) is 5.95 Å². The summed E-state index contributed by atoms with van der Waals surface area (Å²) in [4.78, 5) is 22.3. The van der Waals surface area contributed by atoms with Crippen LogP contribution in [0.1, 0.15) is 19.3 Å². The number of benzene rings is 2. The molecule has 0 fully saturated rings. The summed E-state index contributed by atoms with van der Waals surface area (Å²) in [7, 11) is 0. The van der Waals surface area contributed by atoms with Crippen molar-refractivity contribution in [2.45, 2.75) is 25.8 Å². The summed E-state index contributed by atoms with van der Waals surface area (Å²) < 4.78 is 3.28. The summed E-state index contributed by atoms with van der Waals surface area (Å²) in [6.07, 6.45) is 7.26. The number of carbonyl (C=O) groups is 1. The molecule has 4 aromatic heterocycles. The number of nitrogens with two attached hydrogens (primary N) is 2. The Morgan fingerprint density at radius 1 is 1.06 bits per heavy atom. The molecule has 0 radical (unpaired) electrons. The lowest BCUT2D eigenvalue weighted by atomic mass is 10.0. The van der Waals surface area contributed by atoms with E-state index in [1.165, 1.54) is 10.1 Å². The number of aryl methyl sites for hydroxylation is 1. The Morgan fingerprint density at radius 3 is 2.81 bits per heavy atom. The first-order chi connectivity index (χ1) is 17.6. The van der Waals surface area contributed by atoms with Gasteiger partial charge in [-0.25, -0.2) is 9.97 Å². The van der Waals surface area contributed by atoms with E-state index in [1.807, 2.05) is 17.0 Å². The second-order valence-corrected chi connectivity index (χ2v) is 9.97. The van der Waals surface area contributed by atoms with Crippen molar-refractivity contribution in [2.75, 3.05) is 12.3 Å². The number of carbonyl (C=O) groups excluding carboxylic acids is 1. The van der Waals surface area contributed by atoms with E-state index in [4.69, 9.17) is 11.5 Å². The van der Waals surface area contributed by atoms with Crippen molar-refractivity contribution in [3.8, 4) is 21.6 Å². The van der Waals surface area contributed by atoms with Crippen LogP contribution in [0.4, 0.5) is 5.95 Å². The van der Waals surface area contributed by atoms with Crippen LogP contribution in [-0.2, 0) is 11.3 Å². The lowest BCUT2D eigenvalue weighted by Gasteiger charge is -2.06. The summed E-state index contributed by atoms with van der Waals surface area (Å²) in [5.41, 5.74) is 17.2. The summed E-state index contributed by atoms with van der Waals surface area (Å²) in [6, 6.07) is 14.9. The minimum absolute atomic E-state index is 0.201. The normalized spacial score (nSPS) is 11.7. The molecule has 8 nitrogen and oxygen atoms in total. The van der Waals surface area contributed by atoms with E-state index >= 15 is 0 Å². The first-order valence-corrected chi connectivity index (χ1v) is 12.7. The maximum Gasteiger partial charge on any atom is 0.220 e. The van der Waals surface area contributed by atoms with Gasteiger partial charge in [0, 0.05) is 51.7 Å². The number of nitrogen functional groups attached to an aromatic ring is 1. The van der Waals surface area contributed by atoms with Gasteiger partial charge in [-0.1, -0.05) is 18.2 Å². The maximum atomic E-state index is 12.3. The van der Waals surface area contributed by atoms with Crippen molar-refractivity contribution in [1.82, 2.24) is 24.7 Å². The molecule has 6 rings (SSSR count). The molecular weight excluding hydrogens is 470 g/mol. The van der Waals surface area contributed by atoms with Crippen LogP contribution >= 0.6 is 11.3 Å². The van der Waals surface area contributed by atoms with Gasteiger partial charge in [-0.3, -0.25) is 9.89 Å². The number of thiophene rings is 1. The van der Waals surface area contributed by atoms with Crippen molar-refractivity contribution in [2.24, 2.45) is 5.73 Å². The van der Waals surface area contributed by atoms with E-state index in [-0.39, 0.29) is 11.7 Å². The van der Waals surface area contributed by atoms with Gasteiger partial charge >= 0.3 is 0 Å². The molecule has 0 aliphatic rings. The summed E-state index contributed by atoms with van der Waals surface area (Å²) in [5, 5.41) is 9.71. The molecule has 0 saturated heterocycles. The molecular formula is C27H25N7OS. The second kappa shape index (κ2) is 9.18. The van der Waals surface area contributed by atoms with Gasteiger partial charge in [0.1, 0.15) is 11.3 Å². The third-order valence-electron chi connectivity index (χ3n) is 6.48. The van der Waals surface area contributed by atoms with Crippen molar-refractivity contribution in [3.05, 3.63) is 61.1 Å². The molecule has 0 atom stereocenters. The Kier molecular flexibility index (Phi) is 5.71. The first-order valence-electron chi connectivity index (χ1n) is 11.9. The lowest BCUT2D eigenvalue weighted by Crippen LogP contribution is -2.08. The SMILES string of the molecule is NCCCC(=O)CCn1cc(-c2cc(-c3cc4ccccc4s3)c3[nH]ncc3c2)c2nc(N)ncc21. The minimum Gasteiger partial charge on any atom is -0.368 e. The Balaban J connectivity index is 1.47. The molecule has 36 heavy (non-hydrogen) atoms. The number of aromatic nitrogens is 5. The summed E-state index contributed by atoms with van der Waals surface area (Å²) >= 11 is 1.76. The number of aromatic amines is 1. The molecule has 0 unspecified atom stereocenters. The zero-order valence-electron chi connectivity index (χ0n) is 19.6. The Hall–Kier alpha value is -4.08. The molecule has 9 heteroatoms. The number of rotatable bonds is 8. The number of nitrogens with zero attached hydrogens (tertiary/aromatic N) is 4. The molecule has 0 aliphatic heterocycles. The van der Waals surface area contributed by atoms with Gasteiger partial charge < -0.3 is 16.0 Å². The quantitative estimate of drug-likeness (QED) is 0.268. The smallest absolute Gasteiger partial charge is 0.220 e. The second-order valence-electron chi connectivity index (χ2n) is 8.89. The molecule has 0 aliphatic carbocycles. The van der Waals surface area contributed by atoms with Gasteiger partial charge in [-0.05, 0) is 48.2 Å². The third-order valence-corrected chi connectivity index (χ3v) is 7.63. The van der Waals surface area contributed by atoms with E-state index in [1.54, 1.807) is 17.5 Å². The molecule has 2 aromatic carbocycles. The molecule has 5 N–H and O–H groups in total. The standard InChI is InChI=1S/C27H25N7OS/c28-8-3-5-19(35)7-9-34-15-21(26-22(34)14-30-27(29)32-26)17-10-18-13-31-33-25(18)20(11-17)24-12-16-4-1-2-6-23(16)36-24/h1-2,4,6,10-15H,3,5,7-9,28H2,(H,31,33)(H2,29,30,32). The van der Waals surface area contributed by atoms with Crippen molar-refractivity contribution in [1.29, 1.82) is 0 Å². The predicted octanol–water partition coefficient (Wildman–Crippen LogP) is 5.14. The zero-order chi connectivity index (χ0) is 24.6. The average Bonchev–Trinajstić information content (AvgIpc) is 3.62. The molecule has 0 bridgehead atoms. The van der Waals surface area contributed by atoms with Gasteiger partial charge in [0.25, 0.3) is 0 Å². The van der Waals surface area contributed by atoms with Crippen molar-refractivity contribution in [3.63, 3.8) is 0 Å². The number of nitrogens with one attached hydrogen (secondary N) is 1. The fourth-order valence-corrected chi connectivity index (χ4v) is 5.76. The van der Waals surface area contributed by atoms with Crippen LogP contribution in [0.5, 0.6) is 0 Å². The van der Waals surface area contributed by atoms with E-state index in [9.17, 15) is 4.79 Å². The predicted molar refractivity (Wildman–Crippen MR) is 146 cm³/mol. The largest absolute Gasteiger partial charge is 0.368 e. The van der Waals surface area contributed by atoms with Crippen LogP contribution < -0.4 is 11.5 Å². The molecule has 180 valence electrons. The number of hydrogen-bond donors (Lipinski definition) is 3. The Morgan fingerprint density at radius 2 is 1.94 bits per heavy atom. The highest BCUT2D eigenvalue weighted by Crippen LogP contribution is 2.40. The van der Waals surface area contributed by atoms with Crippen LogP contribution in [0, 0.1) is 0 Å². The number of hydrogen-bond acceptors (Lipinski definition) is 7. The maximum absolute atomic E-state index is 12.3. The fourth-order valence-electron chi connectivity index (χ4n) is 4.67. The Labute approximate surface area is 211 Å². The fraction of sp³-hybridized carbons (Fsp3) is 0.185. The highest BCUT2D eigenvalue weighted by molar-refractivity contribution is 7.22. The van der Waals surface area contributed by atoms with Crippen molar-refractivity contribution < 1.29 is 4.79 Å². The van der Waals surface area contributed by atoms with E-state index in [0.717, 1.165) is 43.5 Å². The number of ketones is 1. The Bertz CT molecular complexity index is 1700. The average molecular weight is 496 g/mol. The number of Topliss-reactive ketones (excluding diaryl/α,β-unsaturated/α-hetero) is 1. The van der Waals surface area contributed by atoms with Gasteiger partial charge in [-0.2, -0.15) is 5.10 Å². The van der Waals surface area contributed by atoms with Gasteiger partial charge in [0.05, 0.1) is 23.4 Å². The summed E-state index contributed by atoms with van der Waals surface area (Å²) in [5.74, 6) is 0.418. The van der Waals surface area contributed by atoms with E-state index < -0.39 is 0 Å². The number of anilines is 1. The monoisotopic (exact) mass is 495 g/mol. The van der Waals surface area contributed by atoms with Crippen LogP contribution in [-0.4, -0.2) is 37.1 Å². The molecule has 0 amide bonds. The first kappa shape index (κ1) is 22.4. The minimum atomic E-state index is 0.201. The van der Waals surface area contributed by atoms with Crippen LogP contribution in [0.3, 0.4) is 0 Å². The van der Waals surface area contributed by atoms with Gasteiger partial charge in [-0.15, -0.1) is 11.3 Å². The third kappa shape index (κ3) is 4.02. The highest BCUT2D eigenvalue weighted by Gasteiger charge is 2.18. The topological polar surface area (TPSA) is 128 Å². The lowest BCUT2D eigenvalue weighted by molar-refractivity contribution is -0.119. The van der Waals surface area contributed by atoms with E-state index in [2.05, 4.69) is 62.6 Å². The highest BCUT2D eigenvalue weighted by atomic mass is 32.1. The van der Waals surface area contributed by atoms with Gasteiger partial charge in [0.15, 0.2) is 0 Å². The molecule has 4 heterocycles. The molecule has 0 spiro atoms. The van der Waals surface area contributed by atoms with Crippen LogP contribution in [0.25, 0.3) is 53.6 Å². The van der Waals surface area contributed by atoms with E-state index in [0.29, 0.717) is 32.4 Å². The van der Waals surface area contributed by atoms with Crippen molar-refractivity contribution >= 4 is 55.1 Å². The molecule has 6 aromatic rings. The summed E-state index contributed by atoms with van der Waals surface area (Å²) in [6.45, 7) is 1.07. The van der Waals surface area contributed by atoms with Crippen LogP contribution in [0.15, 0.2) is 61.1 Å². The molecule has 0 saturated carbocycles. The van der Waals surface area contributed by atoms with Crippen LogP contribution in [0.2, 0.25) is 0 Å². The number of H-pyrrole nitrogens is 1. The zero-order valence-corrected chi connectivity index (χ0v) is 20.4. The number of fused-ring (bicyclic) bond motifs is 3.